The van der Waals surface area contributed by atoms with Gasteiger partial charge in [-0.1, -0.05) is 19.9 Å². The minimum Gasteiger partial charge on any atom is -0.497 e. The van der Waals surface area contributed by atoms with E-state index in [-0.39, 0.29) is 0 Å². The zero-order valence-electron chi connectivity index (χ0n) is 15.6. The first-order chi connectivity index (χ1) is 11.4. The number of benzene rings is 1. The van der Waals surface area contributed by atoms with Crippen LogP contribution >= 0.6 is 0 Å². The van der Waals surface area contributed by atoms with Crippen LogP contribution in [-0.4, -0.2) is 19.8 Å². The van der Waals surface area contributed by atoms with Crippen molar-refractivity contribution in [1.82, 2.24) is 5.32 Å². The van der Waals surface area contributed by atoms with E-state index < -0.39 is 0 Å². The fourth-order valence-electron chi connectivity index (χ4n) is 6.93. The highest BCUT2D eigenvalue weighted by Crippen LogP contribution is 2.66. The van der Waals surface area contributed by atoms with E-state index in [2.05, 4.69) is 25.2 Å². The molecule has 4 aliphatic rings. The highest BCUT2D eigenvalue weighted by atomic mass is 16.5. The monoisotopic (exact) mass is 329 g/mol. The van der Waals surface area contributed by atoms with Crippen LogP contribution in [0.5, 0.6) is 11.5 Å². The van der Waals surface area contributed by atoms with Crippen LogP contribution in [0.25, 0.3) is 0 Å². The van der Waals surface area contributed by atoms with E-state index in [4.69, 9.17) is 9.47 Å². The van der Waals surface area contributed by atoms with E-state index in [0.29, 0.717) is 16.4 Å². The lowest BCUT2D eigenvalue weighted by atomic mass is 9.43. The molecule has 4 atom stereocenters. The largest absolute Gasteiger partial charge is 0.497 e. The van der Waals surface area contributed by atoms with Gasteiger partial charge >= 0.3 is 0 Å². The van der Waals surface area contributed by atoms with Crippen molar-refractivity contribution in [2.45, 2.75) is 64.5 Å². The highest BCUT2D eigenvalue weighted by Gasteiger charge is 2.59. The van der Waals surface area contributed by atoms with E-state index in [9.17, 15) is 0 Å². The summed E-state index contributed by atoms with van der Waals surface area (Å²) in [6.07, 6.45) is 8.34. The Labute approximate surface area is 146 Å². The van der Waals surface area contributed by atoms with Gasteiger partial charge in [-0.25, -0.2) is 0 Å². The topological polar surface area (TPSA) is 30.5 Å². The first kappa shape index (κ1) is 16.3. The van der Waals surface area contributed by atoms with E-state index in [1.807, 2.05) is 12.1 Å². The molecular formula is C21H31NO2. The van der Waals surface area contributed by atoms with Gasteiger partial charge in [0.2, 0.25) is 0 Å². The number of nitrogens with one attached hydrogen (secondary N) is 1. The second kappa shape index (κ2) is 5.39. The summed E-state index contributed by atoms with van der Waals surface area (Å²) in [6.45, 7) is 5.94. The van der Waals surface area contributed by atoms with Gasteiger partial charge in [0, 0.05) is 23.7 Å². The molecule has 4 saturated carbocycles. The molecule has 2 unspecified atom stereocenters. The molecule has 4 fully saturated rings. The minimum atomic E-state index is 0.327. The third-order valence-corrected chi connectivity index (χ3v) is 6.77. The fraction of sp³-hybridized carbons (Fsp3) is 0.714. The molecule has 1 aromatic carbocycles. The van der Waals surface area contributed by atoms with Crippen LogP contribution in [0.2, 0.25) is 0 Å². The Hall–Kier alpha value is -1.22. The summed E-state index contributed by atoms with van der Waals surface area (Å²) in [6, 6.07) is 6.15. The molecule has 4 aliphatic carbocycles. The molecule has 4 bridgehead atoms. The van der Waals surface area contributed by atoms with Gasteiger partial charge < -0.3 is 14.8 Å². The molecule has 0 aliphatic heterocycles. The lowest BCUT2D eigenvalue weighted by Gasteiger charge is -2.65. The molecule has 0 saturated heterocycles. The quantitative estimate of drug-likeness (QED) is 0.860. The minimum absolute atomic E-state index is 0.327. The maximum absolute atomic E-state index is 5.58. The van der Waals surface area contributed by atoms with Crippen LogP contribution in [0.3, 0.4) is 0 Å². The van der Waals surface area contributed by atoms with Gasteiger partial charge in [-0.05, 0) is 61.3 Å². The molecule has 3 heteroatoms. The molecule has 24 heavy (non-hydrogen) atoms. The fourth-order valence-corrected chi connectivity index (χ4v) is 6.93. The van der Waals surface area contributed by atoms with Crippen LogP contribution in [0.1, 0.15) is 57.9 Å². The zero-order chi connectivity index (χ0) is 17.0. The maximum atomic E-state index is 5.58. The van der Waals surface area contributed by atoms with Crippen LogP contribution in [0.4, 0.5) is 0 Å². The Balaban J connectivity index is 1.54. The molecule has 0 radical (unpaired) electrons. The second-order valence-electron chi connectivity index (χ2n) is 9.44. The standard InChI is InChI=1S/C21H31NO2/c1-19-8-15-9-20(2,12-19)14-21(10-15,13-19)22-11-16-5-6-17(23-3)7-18(16)24-4/h5-7,15,22H,8-14H2,1-4H3/t15?,19-,20+,21?. The summed E-state index contributed by atoms with van der Waals surface area (Å²) < 4.78 is 10.9. The molecule has 0 amide bonds. The number of methoxy groups -OCH3 is 2. The Morgan fingerprint density at radius 2 is 1.71 bits per heavy atom. The van der Waals surface area contributed by atoms with Gasteiger partial charge in [-0.3, -0.25) is 0 Å². The Bertz CT molecular complexity index is 623. The van der Waals surface area contributed by atoms with Crippen molar-refractivity contribution in [2.75, 3.05) is 14.2 Å². The van der Waals surface area contributed by atoms with Crippen molar-refractivity contribution in [3.8, 4) is 11.5 Å². The van der Waals surface area contributed by atoms with Crippen molar-refractivity contribution in [2.24, 2.45) is 16.7 Å². The van der Waals surface area contributed by atoms with Crippen LogP contribution < -0.4 is 14.8 Å². The van der Waals surface area contributed by atoms with Gasteiger partial charge in [0.25, 0.3) is 0 Å². The normalized spacial score (nSPS) is 39.9. The zero-order valence-corrected chi connectivity index (χ0v) is 15.6. The maximum Gasteiger partial charge on any atom is 0.127 e. The first-order valence-electron chi connectivity index (χ1n) is 9.33. The number of hydrogen-bond acceptors (Lipinski definition) is 3. The predicted molar refractivity (Wildman–Crippen MR) is 96.5 cm³/mol. The molecule has 3 nitrogen and oxygen atoms in total. The van der Waals surface area contributed by atoms with Crippen molar-refractivity contribution >= 4 is 0 Å². The van der Waals surface area contributed by atoms with Crippen molar-refractivity contribution in [1.29, 1.82) is 0 Å². The summed E-state index contributed by atoms with van der Waals surface area (Å²) in [5.74, 6) is 2.69. The van der Waals surface area contributed by atoms with E-state index >= 15 is 0 Å². The SMILES string of the molecule is COc1ccc(CNC23CC4C[C@@](C)(C2)C[C@](C)(C4)C3)c(OC)c1. The van der Waals surface area contributed by atoms with Gasteiger partial charge in [0.05, 0.1) is 14.2 Å². The average Bonchev–Trinajstić information content (AvgIpc) is 2.49. The van der Waals surface area contributed by atoms with Gasteiger partial charge in [0.15, 0.2) is 0 Å². The second-order valence-corrected chi connectivity index (χ2v) is 9.44. The molecule has 1 N–H and O–H groups in total. The van der Waals surface area contributed by atoms with E-state index in [1.165, 1.54) is 44.1 Å². The lowest BCUT2D eigenvalue weighted by molar-refractivity contribution is -0.118. The number of ether oxygens (including phenoxy) is 2. The Kier molecular flexibility index (Phi) is 3.65. The van der Waals surface area contributed by atoms with Crippen molar-refractivity contribution < 1.29 is 9.47 Å². The van der Waals surface area contributed by atoms with Crippen molar-refractivity contribution in [3.63, 3.8) is 0 Å². The molecule has 1 aromatic rings. The third kappa shape index (κ3) is 2.71. The summed E-state index contributed by atoms with van der Waals surface area (Å²) in [7, 11) is 3.44. The summed E-state index contributed by atoms with van der Waals surface area (Å²) in [5, 5.41) is 3.99. The molecule has 0 heterocycles. The average molecular weight is 329 g/mol. The summed E-state index contributed by atoms with van der Waals surface area (Å²) >= 11 is 0. The van der Waals surface area contributed by atoms with E-state index in [1.54, 1.807) is 14.2 Å². The van der Waals surface area contributed by atoms with Gasteiger partial charge in [-0.15, -0.1) is 0 Å². The molecule has 132 valence electrons. The van der Waals surface area contributed by atoms with Crippen LogP contribution in [0.15, 0.2) is 18.2 Å². The highest BCUT2D eigenvalue weighted by molar-refractivity contribution is 5.40. The molecule has 0 spiro atoms. The smallest absolute Gasteiger partial charge is 0.127 e. The van der Waals surface area contributed by atoms with E-state index in [0.717, 1.165) is 24.0 Å². The Morgan fingerprint density at radius 3 is 2.29 bits per heavy atom. The van der Waals surface area contributed by atoms with Gasteiger partial charge in [0.1, 0.15) is 11.5 Å². The first-order valence-corrected chi connectivity index (χ1v) is 9.33. The Morgan fingerprint density at radius 1 is 1.00 bits per heavy atom. The lowest BCUT2D eigenvalue weighted by Crippen LogP contribution is -2.63. The summed E-state index contributed by atoms with van der Waals surface area (Å²) in [5.41, 5.74) is 2.65. The van der Waals surface area contributed by atoms with Gasteiger partial charge in [-0.2, -0.15) is 0 Å². The van der Waals surface area contributed by atoms with Crippen LogP contribution in [-0.2, 0) is 6.54 Å². The molecule has 0 aromatic heterocycles. The number of rotatable bonds is 5. The van der Waals surface area contributed by atoms with Crippen molar-refractivity contribution in [3.05, 3.63) is 23.8 Å². The summed E-state index contributed by atoms with van der Waals surface area (Å²) in [4.78, 5) is 0. The molecular weight excluding hydrogens is 298 g/mol. The number of hydrogen-bond donors (Lipinski definition) is 1. The third-order valence-electron chi connectivity index (χ3n) is 6.77. The predicted octanol–water partition coefficient (Wildman–Crippen LogP) is 4.54. The molecule has 5 rings (SSSR count). The van der Waals surface area contributed by atoms with Crippen LogP contribution in [0, 0.1) is 16.7 Å².